The third-order valence-electron chi connectivity index (χ3n) is 4.59. The third kappa shape index (κ3) is 4.54. The van der Waals surface area contributed by atoms with Gasteiger partial charge in [0.15, 0.2) is 5.13 Å². The highest BCUT2D eigenvalue weighted by molar-refractivity contribution is 7.22. The summed E-state index contributed by atoms with van der Waals surface area (Å²) >= 11 is 7.39. The predicted octanol–water partition coefficient (Wildman–Crippen LogP) is 3.94. The van der Waals surface area contributed by atoms with Gasteiger partial charge in [0.1, 0.15) is 0 Å². The number of benzene rings is 2. The molecular formula is C19H17ClN4O4S. The predicted molar refractivity (Wildman–Crippen MR) is 112 cm³/mol. The number of nitro groups is 1. The van der Waals surface area contributed by atoms with Gasteiger partial charge in [-0.15, -0.1) is 0 Å². The second-order valence-corrected chi connectivity index (χ2v) is 8.02. The summed E-state index contributed by atoms with van der Waals surface area (Å²) in [5.74, 6) is -0.536. The van der Waals surface area contributed by atoms with Gasteiger partial charge in [-0.3, -0.25) is 25.1 Å². The first-order chi connectivity index (χ1) is 14.0. The Hall–Kier alpha value is -2.59. The van der Waals surface area contributed by atoms with Crippen molar-refractivity contribution in [2.75, 3.05) is 31.6 Å². The molecule has 3 aromatic rings. The first kappa shape index (κ1) is 19.7. The molecule has 1 amide bonds. The van der Waals surface area contributed by atoms with Gasteiger partial charge in [0, 0.05) is 31.8 Å². The minimum atomic E-state index is -0.569. The number of nitrogens with one attached hydrogen (secondary N) is 1. The Morgan fingerprint density at radius 2 is 2.07 bits per heavy atom. The van der Waals surface area contributed by atoms with Crippen molar-refractivity contribution < 1.29 is 14.5 Å². The van der Waals surface area contributed by atoms with Gasteiger partial charge in [-0.2, -0.15) is 0 Å². The zero-order chi connectivity index (χ0) is 20.4. The van der Waals surface area contributed by atoms with Gasteiger partial charge < -0.3 is 4.74 Å². The van der Waals surface area contributed by atoms with E-state index >= 15 is 0 Å². The highest BCUT2D eigenvalue weighted by atomic mass is 35.5. The summed E-state index contributed by atoms with van der Waals surface area (Å²) in [7, 11) is 0. The Kier molecular flexibility index (Phi) is 5.72. The minimum Gasteiger partial charge on any atom is -0.379 e. The smallest absolute Gasteiger partial charge is 0.270 e. The molecule has 8 nitrogen and oxygen atoms in total. The molecule has 1 fully saturated rings. The zero-order valence-electron chi connectivity index (χ0n) is 15.3. The highest BCUT2D eigenvalue weighted by Crippen LogP contribution is 2.29. The maximum atomic E-state index is 12.5. The Morgan fingerprint density at radius 1 is 1.28 bits per heavy atom. The number of morpholine rings is 1. The van der Waals surface area contributed by atoms with Crippen LogP contribution < -0.4 is 5.32 Å². The molecule has 29 heavy (non-hydrogen) atoms. The van der Waals surface area contributed by atoms with E-state index in [2.05, 4.69) is 21.3 Å². The van der Waals surface area contributed by atoms with Crippen molar-refractivity contribution in [3.8, 4) is 0 Å². The summed E-state index contributed by atoms with van der Waals surface area (Å²) < 4.78 is 6.33. The molecule has 150 valence electrons. The quantitative estimate of drug-likeness (QED) is 0.484. The minimum absolute atomic E-state index is 0.0353. The van der Waals surface area contributed by atoms with E-state index in [-0.39, 0.29) is 16.3 Å². The molecule has 2 aromatic carbocycles. The maximum Gasteiger partial charge on any atom is 0.270 e. The molecule has 1 aliphatic rings. The number of non-ortho nitro benzene ring substituents is 1. The first-order valence-corrected chi connectivity index (χ1v) is 10.1. The molecule has 0 atom stereocenters. The zero-order valence-corrected chi connectivity index (χ0v) is 16.8. The molecule has 1 aromatic heterocycles. The number of fused-ring (bicyclic) bond motifs is 1. The second-order valence-electron chi connectivity index (χ2n) is 6.58. The highest BCUT2D eigenvalue weighted by Gasteiger charge is 2.18. The summed E-state index contributed by atoms with van der Waals surface area (Å²) in [6, 6.07) is 9.78. The number of hydrogen-bond acceptors (Lipinski definition) is 7. The summed E-state index contributed by atoms with van der Waals surface area (Å²) in [4.78, 5) is 29.7. The van der Waals surface area contributed by atoms with Crippen molar-refractivity contribution in [3.63, 3.8) is 0 Å². The summed E-state index contributed by atoms with van der Waals surface area (Å²) in [6.07, 6.45) is 0. The standard InChI is InChI=1S/C19H17ClN4O4S/c20-15-3-2-13(24(26)27)10-14(15)18(25)22-19-21-16-4-1-12(9-17(16)29-19)11-23-5-7-28-8-6-23/h1-4,9-10H,5-8,11H2,(H,21,22,25). The number of nitrogens with zero attached hydrogens (tertiary/aromatic N) is 3. The van der Waals surface area contributed by atoms with Crippen LogP contribution >= 0.6 is 22.9 Å². The summed E-state index contributed by atoms with van der Waals surface area (Å²) in [5, 5.41) is 14.2. The van der Waals surface area contributed by atoms with Gasteiger partial charge in [0.2, 0.25) is 0 Å². The number of nitro benzene ring substituents is 1. The molecule has 0 spiro atoms. The van der Waals surface area contributed by atoms with Crippen LogP contribution in [0.2, 0.25) is 5.02 Å². The SMILES string of the molecule is O=C(Nc1nc2ccc(CN3CCOCC3)cc2s1)c1cc([N+](=O)[O-])ccc1Cl. The number of ether oxygens (including phenoxy) is 1. The average molecular weight is 433 g/mol. The van der Waals surface area contributed by atoms with Crippen molar-refractivity contribution in [2.45, 2.75) is 6.54 Å². The molecule has 0 bridgehead atoms. The molecular weight excluding hydrogens is 416 g/mol. The van der Waals surface area contributed by atoms with Crippen LogP contribution in [-0.2, 0) is 11.3 Å². The molecule has 0 radical (unpaired) electrons. The fourth-order valence-corrected chi connectivity index (χ4v) is 4.23. The van der Waals surface area contributed by atoms with Gasteiger partial charge in [0.05, 0.1) is 38.9 Å². The lowest BCUT2D eigenvalue weighted by molar-refractivity contribution is -0.384. The average Bonchev–Trinajstić information content (AvgIpc) is 3.10. The van der Waals surface area contributed by atoms with Crippen molar-refractivity contribution in [1.29, 1.82) is 0 Å². The summed E-state index contributed by atoms with van der Waals surface area (Å²) in [5.41, 5.74) is 1.79. The summed E-state index contributed by atoms with van der Waals surface area (Å²) in [6.45, 7) is 4.15. The molecule has 2 heterocycles. The largest absolute Gasteiger partial charge is 0.379 e. The molecule has 0 saturated carbocycles. The van der Waals surface area contributed by atoms with Crippen LogP contribution in [0.4, 0.5) is 10.8 Å². The normalized spacial score (nSPS) is 14.8. The van der Waals surface area contributed by atoms with Crippen LogP contribution in [0.15, 0.2) is 36.4 Å². The van der Waals surface area contributed by atoms with Crippen LogP contribution in [0, 0.1) is 10.1 Å². The lowest BCUT2D eigenvalue weighted by Gasteiger charge is -2.26. The van der Waals surface area contributed by atoms with Gasteiger partial charge in [0.25, 0.3) is 11.6 Å². The van der Waals surface area contributed by atoms with E-state index in [1.807, 2.05) is 12.1 Å². The Bertz CT molecular complexity index is 1080. The fraction of sp³-hybridized carbons (Fsp3) is 0.263. The number of hydrogen-bond donors (Lipinski definition) is 1. The van der Waals surface area contributed by atoms with Crippen LogP contribution in [0.25, 0.3) is 10.2 Å². The van der Waals surface area contributed by atoms with E-state index in [4.69, 9.17) is 16.3 Å². The molecule has 1 saturated heterocycles. The topological polar surface area (TPSA) is 97.6 Å². The lowest BCUT2D eigenvalue weighted by atomic mass is 10.2. The van der Waals surface area contributed by atoms with Gasteiger partial charge in [-0.25, -0.2) is 4.98 Å². The van der Waals surface area contributed by atoms with Gasteiger partial charge in [-0.05, 0) is 23.8 Å². The molecule has 0 unspecified atom stereocenters. The third-order valence-corrected chi connectivity index (χ3v) is 5.85. The molecule has 4 rings (SSSR count). The van der Waals surface area contributed by atoms with E-state index in [9.17, 15) is 14.9 Å². The number of thiazole rings is 1. The van der Waals surface area contributed by atoms with E-state index in [0.717, 1.165) is 49.1 Å². The number of amides is 1. The van der Waals surface area contributed by atoms with Crippen molar-refractivity contribution >= 4 is 49.9 Å². The number of aromatic nitrogens is 1. The van der Waals surface area contributed by atoms with Crippen molar-refractivity contribution in [1.82, 2.24) is 9.88 Å². The van der Waals surface area contributed by atoms with E-state index in [0.29, 0.717) is 5.13 Å². The van der Waals surface area contributed by atoms with Gasteiger partial charge in [-0.1, -0.05) is 29.0 Å². The number of carbonyl (C=O) groups is 1. The Balaban J connectivity index is 1.51. The van der Waals surface area contributed by atoms with Crippen molar-refractivity contribution in [3.05, 3.63) is 62.7 Å². The van der Waals surface area contributed by atoms with E-state index in [1.54, 1.807) is 0 Å². The molecule has 1 aliphatic heterocycles. The van der Waals surface area contributed by atoms with E-state index in [1.165, 1.54) is 29.0 Å². The van der Waals surface area contributed by atoms with E-state index < -0.39 is 10.8 Å². The van der Waals surface area contributed by atoms with Gasteiger partial charge >= 0.3 is 0 Å². The number of rotatable bonds is 5. The molecule has 0 aliphatic carbocycles. The number of anilines is 1. The number of carbonyl (C=O) groups excluding carboxylic acids is 1. The second kappa shape index (κ2) is 8.42. The van der Waals surface area contributed by atoms with Crippen LogP contribution in [0.1, 0.15) is 15.9 Å². The van der Waals surface area contributed by atoms with Crippen molar-refractivity contribution in [2.24, 2.45) is 0 Å². The van der Waals surface area contributed by atoms with Crippen LogP contribution in [0.5, 0.6) is 0 Å². The molecule has 1 N–H and O–H groups in total. The number of halogens is 1. The Morgan fingerprint density at radius 3 is 2.83 bits per heavy atom. The maximum absolute atomic E-state index is 12.5. The lowest BCUT2D eigenvalue weighted by Crippen LogP contribution is -2.35. The Labute approximate surface area is 175 Å². The molecule has 10 heteroatoms. The first-order valence-electron chi connectivity index (χ1n) is 8.94. The fourth-order valence-electron chi connectivity index (χ4n) is 3.10. The van der Waals surface area contributed by atoms with Crippen LogP contribution in [-0.4, -0.2) is 47.0 Å². The van der Waals surface area contributed by atoms with Crippen LogP contribution in [0.3, 0.4) is 0 Å². The monoisotopic (exact) mass is 432 g/mol.